The van der Waals surface area contributed by atoms with Gasteiger partial charge in [-0.1, -0.05) is 38.3 Å². The van der Waals surface area contributed by atoms with E-state index in [0.717, 1.165) is 29.1 Å². The van der Waals surface area contributed by atoms with Crippen molar-refractivity contribution in [2.75, 3.05) is 0 Å². The average Bonchev–Trinajstić information content (AvgIpc) is 2.65. The Balaban J connectivity index is 2.13. The summed E-state index contributed by atoms with van der Waals surface area (Å²) in [4.78, 5) is 18.9. The number of aryl methyl sites for hydroxylation is 1. The molecule has 84 valence electrons. The molecule has 3 nitrogen and oxygen atoms in total. The second-order valence-corrected chi connectivity index (χ2v) is 4.10. The van der Waals surface area contributed by atoms with Crippen LogP contribution in [-0.4, -0.2) is 6.03 Å². The molecule has 1 aromatic carbocycles. The lowest BCUT2D eigenvalue weighted by atomic mass is 10.1. The van der Waals surface area contributed by atoms with Gasteiger partial charge >= 0.3 is 6.03 Å². The quantitative estimate of drug-likeness (QED) is 0.695. The largest absolute Gasteiger partial charge is 0.368 e. The number of carbonyl (C=O) groups is 1. The average molecular weight is 216 g/mol. The van der Waals surface area contributed by atoms with Gasteiger partial charge in [-0.05, 0) is 24.5 Å². The van der Waals surface area contributed by atoms with E-state index in [4.69, 9.17) is 0 Å². The Hall–Kier alpha value is -1.51. The maximum atomic E-state index is 11.1. The zero-order valence-corrected chi connectivity index (χ0v) is 9.57. The molecular weight excluding hydrogens is 200 g/mol. The van der Waals surface area contributed by atoms with Gasteiger partial charge in [0.15, 0.2) is 0 Å². The summed E-state index contributed by atoms with van der Waals surface area (Å²) in [6.07, 6.45) is 5.91. The van der Waals surface area contributed by atoms with Gasteiger partial charge in [-0.25, -0.2) is 4.79 Å². The van der Waals surface area contributed by atoms with Crippen LogP contribution in [0.15, 0.2) is 28.2 Å². The molecule has 0 spiro atoms. The molecule has 1 aromatic rings. The van der Waals surface area contributed by atoms with Crippen LogP contribution in [0.3, 0.4) is 0 Å². The number of carbonyl (C=O) groups excluding carboxylic acids is 1. The number of benzene rings is 1. The summed E-state index contributed by atoms with van der Waals surface area (Å²) in [6.45, 7) is 2.20. The van der Waals surface area contributed by atoms with E-state index in [-0.39, 0.29) is 6.03 Å². The standard InChI is InChI=1S/C13H16N2O/c1-2-3-4-5-7-10-8-6-9-11-12(10)15-13(16)14-11/h6,8-9H,2-5,7H2,1H3. The predicted octanol–water partition coefficient (Wildman–Crippen LogP) is 2.18. The van der Waals surface area contributed by atoms with E-state index in [1.165, 1.54) is 19.3 Å². The van der Waals surface area contributed by atoms with Gasteiger partial charge in [-0.15, -0.1) is 0 Å². The third kappa shape index (κ3) is 2.35. The minimum atomic E-state index is -0.365. The van der Waals surface area contributed by atoms with Crippen molar-refractivity contribution >= 4 is 6.03 Å². The van der Waals surface area contributed by atoms with E-state index in [1.54, 1.807) is 0 Å². The summed E-state index contributed by atoms with van der Waals surface area (Å²) in [6, 6.07) is 5.48. The Morgan fingerprint density at radius 3 is 2.81 bits per heavy atom. The first kappa shape index (κ1) is 11.0. The Kier molecular flexibility index (Phi) is 3.44. The number of amides is 2. The summed E-state index contributed by atoms with van der Waals surface area (Å²) in [5, 5.41) is 1.53. The third-order valence-electron chi connectivity index (χ3n) is 2.82. The molecule has 0 unspecified atom stereocenters. The van der Waals surface area contributed by atoms with Crippen LogP contribution in [0.4, 0.5) is 4.79 Å². The minimum absolute atomic E-state index is 0.365. The van der Waals surface area contributed by atoms with Crippen molar-refractivity contribution < 1.29 is 4.79 Å². The summed E-state index contributed by atoms with van der Waals surface area (Å²) in [7, 11) is 0. The molecule has 0 N–H and O–H groups in total. The molecule has 1 aliphatic rings. The van der Waals surface area contributed by atoms with Crippen molar-refractivity contribution in [3.63, 3.8) is 0 Å². The van der Waals surface area contributed by atoms with E-state index in [2.05, 4.69) is 16.9 Å². The van der Waals surface area contributed by atoms with E-state index < -0.39 is 0 Å². The molecule has 2 rings (SSSR count). The molecule has 3 heteroatoms. The maximum Gasteiger partial charge on any atom is 0.368 e. The zero-order chi connectivity index (χ0) is 11.4. The Morgan fingerprint density at radius 2 is 2.00 bits per heavy atom. The Labute approximate surface area is 94.9 Å². The molecule has 0 atom stereocenters. The van der Waals surface area contributed by atoms with Crippen LogP contribution in [0.25, 0.3) is 0 Å². The van der Waals surface area contributed by atoms with Crippen molar-refractivity contribution in [3.8, 4) is 0 Å². The van der Waals surface area contributed by atoms with Crippen LogP contribution in [0.1, 0.15) is 38.2 Å². The van der Waals surface area contributed by atoms with Crippen LogP contribution in [0, 0.1) is 0 Å². The maximum absolute atomic E-state index is 11.1. The van der Waals surface area contributed by atoms with Crippen molar-refractivity contribution in [3.05, 3.63) is 34.5 Å². The topological polar surface area (TPSA) is 41.8 Å². The Bertz CT molecular complexity index is 505. The molecule has 1 heterocycles. The fraction of sp³-hybridized carbons (Fsp3) is 0.462. The molecule has 0 fully saturated rings. The molecular formula is C13H16N2O. The number of unbranched alkanes of at least 4 members (excludes halogenated alkanes) is 3. The lowest BCUT2D eigenvalue weighted by Gasteiger charge is -2.00. The number of para-hydroxylation sites is 1. The van der Waals surface area contributed by atoms with Crippen LogP contribution in [0.2, 0.25) is 0 Å². The van der Waals surface area contributed by atoms with Crippen LogP contribution < -0.4 is 10.7 Å². The molecule has 2 amide bonds. The number of fused-ring (bicyclic) bond motifs is 1. The van der Waals surface area contributed by atoms with Crippen LogP contribution in [0.5, 0.6) is 0 Å². The summed E-state index contributed by atoms with van der Waals surface area (Å²) in [5.74, 6) is 0. The Morgan fingerprint density at radius 1 is 1.12 bits per heavy atom. The molecule has 0 aromatic heterocycles. The van der Waals surface area contributed by atoms with Crippen molar-refractivity contribution in [1.29, 1.82) is 0 Å². The lowest BCUT2D eigenvalue weighted by Crippen LogP contribution is -2.25. The van der Waals surface area contributed by atoms with E-state index in [0.29, 0.717) is 0 Å². The normalized spacial score (nSPS) is 13.2. The number of hydrogen-bond acceptors (Lipinski definition) is 1. The SMILES string of the molecule is CCCCCCc1cccc2c1=NC(=O)N=2. The van der Waals surface area contributed by atoms with Gasteiger partial charge < -0.3 is 0 Å². The molecule has 0 saturated heterocycles. The fourth-order valence-corrected chi connectivity index (χ4v) is 1.96. The monoisotopic (exact) mass is 216 g/mol. The van der Waals surface area contributed by atoms with Gasteiger partial charge in [-0.3, -0.25) is 0 Å². The minimum Gasteiger partial charge on any atom is -0.244 e. The summed E-state index contributed by atoms with van der Waals surface area (Å²) in [5.41, 5.74) is 1.16. The van der Waals surface area contributed by atoms with Crippen molar-refractivity contribution in [2.45, 2.75) is 39.0 Å². The van der Waals surface area contributed by atoms with Gasteiger partial charge in [0.05, 0.1) is 10.7 Å². The number of hydrogen-bond donors (Lipinski definition) is 0. The first-order valence-electron chi connectivity index (χ1n) is 5.90. The van der Waals surface area contributed by atoms with Crippen molar-refractivity contribution in [2.24, 2.45) is 9.98 Å². The highest BCUT2D eigenvalue weighted by Gasteiger charge is 2.07. The lowest BCUT2D eigenvalue weighted by molar-refractivity contribution is 0.256. The molecule has 1 aliphatic heterocycles. The highest BCUT2D eigenvalue weighted by atomic mass is 16.2. The second-order valence-electron chi connectivity index (χ2n) is 4.10. The summed E-state index contributed by atoms with van der Waals surface area (Å²) < 4.78 is 0. The zero-order valence-electron chi connectivity index (χ0n) is 9.57. The van der Waals surface area contributed by atoms with Crippen LogP contribution >= 0.6 is 0 Å². The number of urea groups is 1. The van der Waals surface area contributed by atoms with E-state index in [1.807, 2.05) is 18.2 Å². The van der Waals surface area contributed by atoms with E-state index >= 15 is 0 Å². The molecule has 0 aliphatic carbocycles. The van der Waals surface area contributed by atoms with Crippen molar-refractivity contribution in [1.82, 2.24) is 0 Å². The fourth-order valence-electron chi connectivity index (χ4n) is 1.96. The third-order valence-corrected chi connectivity index (χ3v) is 2.82. The number of nitrogens with zero attached hydrogens (tertiary/aromatic N) is 2. The molecule has 16 heavy (non-hydrogen) atoms. The molecule has 0 radical (unpaired) electrons. The van der Waals surface area contributed by atoms with Gasteiger partial charge in [0, 0.05) is 0 Å². The molecule has 0 bridgehead atoms. The van der Waals surface area contributed by atoms with Crippen LogP contribution in [-0.2, 0) is 6.42 Å². The van der Waals surface area contributed by atoms with Gasteiger partial charge in [0.25, 0.3) is 0 Å². The predicted molar refractivity (Wildman–Crippen MR) is 62.0 cm³/mol. The van der Waals surface area contributed by atoms with Gasteiger partial charge in [0.1, 0.15) is 0 Å². The molecule has 0 saturated carbocycles. The highest BCUT2D eigenvalue weighted by molar-refractivity contribution is 5.77. The first-order chi connectivity index (χ1) is 7.81. The smallest absolute Gasteiger partial charge is 0.244 e. The number of rotatable bonds is 5. The van der Waals surface area contributed by atoms with Gasteiger partial charge in [0.2, 0.25) is 0 Å². The van der Waals surface area contributed by atoms with E-state index in [9.17, 15) is 4.79 Å². The summed E-state index contributed by atoms with van der Waals surface area (Å²) >= 11 is 0. The first-order valence-corrected chi connectivity index (χ1v) is 5.90. The highest BCUT2D eigenvalue weighted by Crippen LogP contribution is 2.04. The van der Waals surface area contributed by atoms with Gasteiger partial charge in [-0.2, -0.15) is 9.98 Å². The second kappa shape index (κ2) is 5.01.